The summed E-state index contributed by atoms with van der Waals surface area (Å²) in [6.07, 6.45) is -0.459. The fraction of sp³-hybridized carbons (Fsp3) is 0.625. The van der Waals surface area contributed by atoms with Gasteiger partial charge in [0.1, 0.15) is 6.04 Å². The van der Waals surface area contributed by atoms with Gasteiger partial charge in [-0.05, 0) is 6.42 Å². The molecule has 0 radical (unpaired) electrons. The smallest absolute Gasteiger partial charge is 0.326 e. The first kappa shape index (κ1) is 17.1. The van der Waals surface area contributed by atoms with Gasteiger partial charge in [0, 0.05) is 6.54 Å². The average molecular weight is 296 g/mol. The molecule has 0 unspecified atom stereocenters. The third kappa shape index (κ3) is 9.79. The third-order valence-electron chi connectivity index (χ3n) is 1.90. The van der Waals surface area contributed by atoms with E-state index in [0.717, 1.165) is 0 Å². The number of carboxylic acid groups (broad SMARTS) is 1. The van der Waals surface area contributed by atoms with Crippen LogP contribution in [0.15, 0.2) is 0 Å². The van der Waals surface area contributed by atoms with Gasteiger partial charge in [0.25, 0.3) is 0 Å². The zero-order valence-corrected chi connectivity index (χ0v) is 10.8. The van der Waals surface area contributed by atoms with Gasteiger partial charge in [-0.3, -0.25) is 4.79 Å². The molecular weight excluding hydrogens is 280 g/mol. The van der Waals surface area contributed by atoms with E-state index in [1.165, 1.54) is 0 Å². The Kier molecular flexibility index (Phi) is 6.79. The first-order valence-electron chi connectivity index (χ1n) is 5.18. The maximum Gasteiger partial charge on any atom is 0.326 e. The Morgan fingerprint density at radius 1 is 1.26 bits per heavy atom. The predicted octanol–water partition coefficient (Wildman–Crippen LogP) is -2.71. The fourth-order valence-corrected chi connectivity index (χ4v) is 1.63. The van der Waals surface area contributed by atoms with Crippen molar-refractivity contribution in [1.29, 1.82) is 0 Å². The minimum atomic E-state index is -3.60. The number of carboxylic acids is 1. The molecule has 0 saturated carbocycles. The second-order valence-electron chi connectivity index (χ2n) is 3.68. The number of nitrogens with one attached hydrogen (secondary N) is 2. The molecule has 0 saturated heterocycles. The third-order valence-corrected chi connectivity index (χ3v) is 2.76. The van der Waals surface area contributed by atoms with E-state index in [1.54, 1.807) is 0 Å². The number of hydrogen-bond donors (Lipinski definition) is 5. The van der Waals surface area contributed by atoms with E-state index in [-0.39, 0.29) is 18.7 Å². The van der Waals surface area contributed by atoms with E-state index in [1.807, 2.05) is 5.32 Å². The molecule has 0 rings (SSSR count). The van der Waals surface area contributed by atoms with Crippen LogP contribution in [-0.2, 0) is 19.6 Å². The first-order valence-corrected chi connectivity index (χ1v) is 6.89. The van der Waals surface area contributed by atoms with Crippen LogP contribution in [-0.4, -0.2) is 49.8 Å². The van der Waals surface area contributed by atoms with Crippen molar-refractivity contribution < 1.29 is 27.9 Å². The summed E-state index contributed by atoms with van der Waals surface area (Å²) in [5.41, 5.74) is 4.82. The van der Waals surface area contributed by atoms with Crippen LogP contribution in [0.1, 0.15) is 12.8 Å². The maximum atomic E-state index is 11.2. The topological polar surface area (TPSA) is 182 Å². The minimum Gasteiger partial charge on any atom is -0.480 e. The van der Waals surface area contributed by atoms with Crippen molar-refractivity contribution in [3.63, 3.8) is 0 Å². The first-order chi connectivity index (χ1) is 8.61. The lowest BCUT2D eigenvalue weighted by molar-refractivity contribution is -0.140. The highest BCUT2D eigenvalue weighted by Gasteiger charge is 2.21. The summed E-state index contributed by atoms with van der Waals surface area (Å²) < 4.78 is 21.2. The number of nitrogens with two attached hydrogens (primary N) is 2. The molecule has 0 aromatic heterocycles. The van der Waals surface area contributed by atoms with Gasteiger partial charge in [0.2, 0.25) is 15.9 Å². The molecular formula is C8H16N4O6S. The van der Waals surface area contributed by atoms with Gasteiger partial charge in [-0.1, -0.05) is 0 Å². The van der Waals surface area contributed by atoms with Crippen LogP contribution >= 0.6 is 0 Å². The van der Waals surface area contributed by atoms with Crippen molar-refractivity contribution in [2.75, 3.05) is 12.3 Å². The molecule has 10 nitrogen and oxygen atoms in total. The number of amides is 3. The molecule has 0 heterocycles. The van der Waals surface area contributed by atoms with Crippen LogP contribution in [0, 0.1) is 0 Å². The lowest BCUT2D eigenvalue weighted by Crippen LogP contribution is -2.48. The summed E-state index contributed by atoms with van der Waals surface area (Å²) in [7, 11) is -3.60. The summed E-state index contributed by atoms with van der Waals surface area (Å²) in [4.78, 5) is 32.5. The molecule has 3 amide bonds. The average Bonchev–Trinajstić information content (AvgIpc) is 2.21. The van der Waals surface area contributed by atoms with Crippen molar-refractivity contribution in [2.24, 2.45) is 10.9 Å². The van der Waals surface area contributed by atoms with Gasteiger partial charge in [0.15, 0.2) is 0 Å². The van der Waals surface area contributed by atoms with E-state index in [4.69, 9.17) is 16.0 Å². The number of carbonyl (C=O) groups is 3. The zero-order valence-electron chi connectivity index (χ0n) is 9.96. The monoisotopic (exact) mass is 296 g/mol. The van der Waals surface area contributed by atoms with Crippen molar-refractivity contribution in [2.45, 2.75) is 18.9 Å². The highest BCUT2D eigenvalue weighted by atomic mass is 32.2. The quantitative estimate of drug-likeness (QED) is 0.303. The molecule has 0 bridgehead atoms. The second kappa shape index (κ2) is 7.53. The molecule has 0 aromatic rings. The molecule has 1 atom stereocenters. The number of hydrogen-bond acceptors (Lipinski definition) is 5. The van der Waals surface area contributed by atoms with E-state index >= 15 is 0 Å². The molecule has 0 aliphatic heterocycles. The van der Waals surface area contributed by atoms with Crippen LogP contribution in [0.3, 0.4) is 0 Å². The molecule has 0 aliphatic carbocycles. The van der Waals surface area contributed by atoms with Gasteiger partial charge in [-0.25, -0.2) is 23.1 Å². The Hall–Kier alpha value is -1.88. The Morgan fingerprint density at radius 2 is 1.84 bits per heavy atom. The van der Waals surface area contributed by atoms with E-state index in [2.05, 4.69) is 5.32 Å². The summed E-state index contributed by atoms with van der Waals surface area (Å²) in [5.74, 6) is -2.59. The second-order valence-corrected chi connectivity index (χ2v) is 5.42. The number of carbonyl (C=O) groups excluding carboxylic acids is 2. The lowest BCUT2D eigenvalue weighted by atomic mass is 10.2. The van der Waals surface area contributed by atoms with E-state index in [9.17, 15) is 22.8 Å². The summed E-state index contributed by atoms with van der Waals surface area (Å²) in [5, 5.41) is 17.7. The Morgan fingerprint density at radius 3 is 2.26 bits per heavy atom. The van der Waals surface area contributed by atoms with E-state index < -0.39 is 40.4 Å². The number of aliphatic carboxylic acids is 1. The Labute approximate surface area is 109 Å². The van der Waals surface area contributed by atoms with Gasteiger partial charge in [-0.2, -0.15) is 0 Å². The molecule has 0 aliphatic rings. The van der Waals surface area contributed by atoms with Crippen LogP contribution in [0.2, 0.25) is 0 Å². The summed E-state index contributed by atoms with van der Waals surface area (Å²) in [6, 6.07) is -2.28. The molecule has 0 fully saturated rings. The Bertz CT molecular complexity index is 448. The number of urea groups is 1. The number of primary amides is 1. The molecule has 19 heavy (non-hydrogen) atoms. The highest BCUT2D eigenvalue weighted by molar-refractivity contribution is 7.89. The molecule has 7 N–H and O–H groups in total. The van der Waals surface area contributed by atoms with Gasteiger partial charge in [-0.15, -0.1) is 0 Å². The molecule has 0 spiro atoms. The molecule has 11 heteroatoms. The van der Waals surface area contributed by atoms with Crippen molar-refractivity contribution >= 4 is 27.9 Å². The summed E-state index contributed by atoms with van der Waals surface area (Å²) >= 11 is 0. The van der Waals surface area contributed by atoms with Crippen molar-refractivity contribution in [3.05, 3.63) is 0 Å². The lowest BCUT2D eigenvalue weighted by Gasteiger charge is -2.13. The Balaban J connectivity index is 4.07. The fourth-order valence-electron chi connectivity index (χ4n) is 1.09. The highest BCUT2D eigenvalue weighted by Crippen LogP contribution is 1.91. The van der Waals surface area contributed by atoms with E-state index in [0.29, 0.717) is 0 Å². The maximum absolute atomic E-state index is 11.2. The molecule has 110 valence electrons. The standard InChI is InChI=1S/C8H16N4O6S/c9-6(13)4-5(7(14)15)12-8(16)11-2-1-3-19(10,17)18/h5H,1-4H2,(H2,9,13)(H,14,15)(H2,10,17,18)(H2,11,12,16)/t5-/m0/s1. The van der Waals surface area contributed by atoms with Crippen LogP contribution < -0.4 is 21.5 Å². The van der Waals surface area contributed by atoms with Crippen molar-refractivity contribution in [3.8, 4) is 0 Å². The largest absolute Gasteiger partial charge is 0.480 e. The SMILES string of the molecule is NC(=O)C[C@H](NC(=O)NCCCS(N)(=O)=O)C(=O)O. The van der Waals surface area contributed by atoms with Crippen molar-refractivity contribution in [1.82, 2.24) is 10.6 Å². The predicted molar refractivity (Wildman–Crippen MR) is 64.4 cm³/mol. The number of rotatable bonds is 8. The number of primary sulfonamides is 1. The van der Waals surface area contributed by atoms with Gasteiger partial charge >= 0.3 is 12.0 Å². The van der Waals surface area contributed by atoms with Gasteiger partial charge in [0.05, 0.1) is 12.2 Å². The zero-order chi connectivity index (χ0) is 15.1. The van der Waals surface area contributed by atoms with Crippen LogP contribution in [0.4, 0.5) is 4.79 Å². The van der Waals surface area contributed by atoms with Crippen LogP contribution in [0.25, 0.3) is 0 Å². The summed E-state index contributed by atoms with van der Waals surface area (Å²) in [6.45, 7) is -0.00876. The van der Waals surface area contributed by atoms with Crippen LogP contribution in [0.5, 0.6) is 0 Å². The van der Waals surface area contributed by atoms with Gasteiger partial charge < -0.3 is 21.5 Å². The number of sulfonamides is 1. The normalized spacial score (nSPS) is 12.5. The molecule has 0 aromatic carbocycles. The minimum absolute atomic E-state index is 0.00876.